The maximum absolute atomic E-state index is 4.41. The van der Waals surface area contributed by atoms with Gasteiger partial charge in [0.15, 0.2) is 0 Å². The van der Waals surface area contributed by atoms with E-state index in [0.717, 1.165) is 12.4 Å². The Bertz CT molecular complexity index is 499. The second-order valence-corrected chi connectivity index (χ2v) is 5.12. The molecule has 1 saturated carbocycles. The number of anilines is 1. The fourth-order valence-corrected chi connectivity index (χ4v) is 2.24. The summed E-state index contributed by atoms with van der Waals surface area (Å²) in [6.45, 7) is 2.24. The highest BCUT2D eigenvalue weighted by atomic mass is 15.2. The predicted molar refractivity (Wildman–Crippen MR) is 73.7 cm³/mol. The summed E-state index contributed by atoms with van der Waals surface area (Å²) < 4.78 is 2.24. The van der Waals surface area contributed by atoms with Gasteiger partial charge in [0.1, 0.15) is 0 Å². The fourth-order valence-electron chi connectivity index (χ4n) is 2.24. The van der Waals surface area contributed by atoms with Crippen molar-refractivity contribution in [3.05, 3.63) is 48.3 Å². The van der Waals surface area contributed by atoms with Crippen LogP contribution in [0.15, 0.2) is 42.7 Å². The molecule has 0 saturated heterocycles. The van der Waals surface area contributed by atoms with E-state index in [0.29, 0.717) is 12.1 Å². The van der Waals surface area contributed by atoms with E-state index in [1.54, 1.807) is 0 Å². The molecule has 0 amide bonds. The number of hydrogen-bond donors (Lipinski definition) is 1. The van der Waals surface area contributed by atoms with Crippen LogP contribution in [0.5, 0.6) is 0 Å². The molecule has 3 heteroatoms. The zero-order valence-electron chi connectivity index (χ0n) is 10.7. The van der Waals surface area contributed by atoms with Crippen molar-refractivity contribution in [3.63, 3.8) is 0 Å². The van der Waals surface area contributed by atoms with Crippen LogP contribution in [-0.2, 0) is 6.42 Å². The molecule has 1 aromatic heterocycles. The van der Waals surface area contributed by atoms with Crippen molar-refractivity contribution in [1.29, 1.82) is 0 Å². The Morgan fingerprint density at radius 1 is 1.33 bits per heavy atom. The van der Waals surface area contributed by atoms with Gasteiger partial charge in [-0.15, -0.1) is 0 Å². The minimum Gasteiger partial charge on any atom is -0.353 e. The zero-order valence-corrected chi connectivity index (χ0v) is 10.7. The molecule has 0 radical (unpaired) electrons. The molecule has 1 fully saturated rings. The van der Waals surface area contributed by atoms with Crippen LogP contribution in [0.1, 0.15) is 31.4 Å². The van der Waals surface area contributed by atoms with E-state index in [2.05, 4.69) is 58.3 Å². The van der Waals surface area contributed by atoms with Crippen molar-refractivity contribution in [3.8, 4) is 0 Å². The minimum absolute atomic E-state index is 0.427. The third kappa shape index (κ3) is 2.55. The Morgan fingerprint density at radius 3 is 2.83 bits per heavy atom. The molecule has 1 atom stereocenters. The van der Waals surface area contributed by atoms with Gasteiger partial charge >= 0.3 is 0 Å². The Kier molecular flexibility index (Phi) is 3.05. The molecule has 0 aliphatic heterocycles. The molecule has 2 aromatic rings. The van der Waals surface area contributed by atoms with E-state index >= 15 is 0 Å². The molecule has 3 rings (SSSR count). The summed E-state index contributed by atoms with van der Waals surface area (Å²) in [5.74, 6) is 1.01. The van der Waals surface area contributed by atoms with Crippen molar-refractivity contribution in [2.75, 3.05) is 5.32 Å². The lowest BCUT2D eigenvalue weighted by Crippen LogP contribution is -2.13. The number of hydrogen-bond acceptors (Lipinski definition) is 2. The van der Waals surface area contributed by atoms with E-state index < -0.39 is 0 Å². The molecule has 3 nitrogen and oxygen atoms in total. The van der Waals surface area contributed by atoms with Gasteiger partial charge in [0, 0.05) is 24.5 Å². The van der Waals surface area contributed by atoms with E-state index in [-0.39, 0.29) is 0 Å². The fraction of sp³-hybridized carbons (Fsp3) is 0.400. The highest BCUT2D eigenvalue weighted by Crippen LogP contribution is 2.26. The van der Waals surface area contributed by atoms with E-state index in [1.807, 2.05) is 6.20 Å². The highest BCUT2D eigenvalue weighted by molar-refractivity contribution is 5.31. The monoisotopic (exact) mass is 241 g/mol. The zero-order chi connectivity index (χ0) is 12.4. The second-order valence-electron chi connectivity index (χ2n) is 5.12. The maximum Gasteiger partial charge on any atom is 0.203 e. The van der Waals surface area contributed by atoms with Crippen LogP contribution < -0.4 is 5.32 Å². The van der Waals surface area contributed by atoms with Gasteiger partial charge in [0.05, 0.1) is 0 Å². The van der Waals surface area contributed by atoms with Crippen LogP contribution in [0.25, 0.3) is 0 Å². The second kappa shape index (κ2) is 4.84. The first-order chi connectivity index (χ1) is 8.83. The number of rotatable bonds is 5. The number of aromatic nitrogens is 2. The van der Waals surface area contributed by atoms with Gasteiger partial charge < -0.3 is 9.88 Å². The molecule has 1 aromatic carbocycles. The number of nitrogens with one attached hydrogen (secondary N) is 1. The quantitative estimate of drug-likeness (QED) is 0.870. The molecule has 0 spiro atoms. The Morgan fingerprint density at radius 2 is 2.11 bits per heavy atom. The smallest absolute Gasteiger partial charge is 0.203 e. The molecular weight excluding hydrogens is 222 g/mol. The number of nitrogens with zero attached hydrogens (tertiary/aromatic N) is 2. The molecule has 1 aliphatic rings. The van der Waals surface area contributed by atoms with E-state index in [4.69, 9.17) is 0 Å². The van der Waals surface area contributed by atoms with Crippen LogP contribution in [0.3, 0.4) is 0 Å². The summed E-state index contributed by atoms with van der Waals surface area (Å²) in [6, 6.07) is 11.7. The van der Waals surface area contributed by atoms with Crippen molar-refractivity contribution < 1.29 is 0 Å². The highest BCUT2D eigenvalue weighted by Gasteiger charge is 2.23. The Hall–Kier alpha value is -1.77. The predicted octanol–water partition coefficient (Wildman–Crippen LogP) is 3.26. The molecule has 1 aliphatic carbocycles. The lowest BCUT2D eigenvalue weighted by molar-refractivity contribution is 0.549. The lowest BCUT2D eigenvalue weighted by atomic mass is 10.1. The van der Waals surface area contributed by atoms with Gasteiger partial charge in [-0.1, -0.05) is 30.3 Å². The maximum atomic E-state index is 4.41. The summed E-state index contributed by atoms with van der Waals surface area (Å²) >= 11 is 0. The average Bonchev–Trinajstić information content (AvgIpc) is 3.06. The largest absolute Gasteiger partial charge is 0.353 e. The average molecular weight is 241 g/mol. The summed E-state index contributed by atoms with van der Waals surface area (Å²) in [6.07, 6.45) is 7.54. The molecule has 1 heterocycles. The normalized spacial score (nSPS) is 16.5. The van der Waals surface area contributed by atoms with Crippen LogP contribution in [0, 0.1) is 0 Å². The third-order valence-electron chi connectivity index (χ3n) is 3.43. The topological polar surface area (TPSA) is 29.9 Å². The van der Waals surface area contributed by atoms with E-state index in [9.17, 15) is 0 Å². The molecule has 94 valence electrons. The first-order valence-electron chi connectivity index (χ1n) is 6.66. The van der Waals surface area contributed by atoms with Crippen LogP contribution in [0.2, 0.25) is 0 Å². The van der Waals surface area contributed by atoms with Gasteiger partial charge in [0.25, 0.3) is 0 Å². The van der Waals surface area contributed by atoms with Crippen molar-refractivity contribution in [2.24, 2.45) is 0 Å². The lowest BCUT2D eigenvalue weighted by Gasteiger charge is -2.17. The SMILES string of the molecule is CC(Cc1ccccc1)n1ccnc1NC1CC1. The number of imidazole rings is 1. The molecule has 18 heavy (non-hydrogen) atoms. The van der Waals surface area contributed by atoms with Crippen molar-refractivity contribution in [2.45, 2.75) is 38.3 Å². The van der Waals surface area contributed by atoms with Crippen LogP contribution >= 0.6 is 0 Å². The minimum atomic E-state index is 0.427. The van der Waals surface area contributed by atoms with E-state index in [1.165, 1.54) is 18.4 Å². The van der Waals surface area contributed by atoms with Gasteiger partial charge in [-0.25, -0.2) is 4.98 Å². The Labute approximate surface area is 108 Å². The van der Waals surface area contributed by atoms with Gasteiger partial charge in [0.2, 0.25) is 5.95 Å². The van der Waals surface area contributed by atoms with Crippen LogP contribution in [-0.4, -0.2) is 15.6 Å². The molecule has 0 bridgehead atoms. The summed E-state index contributed by atoms with van der Waals surface area (Å²) in [7, 11) is 0. The first kappa shape index (κ1) is 11.3. The van der Waals surface area contributed by atoms with Crippen molar-refractivity contribution >= 4 is 5.95 Å². The standard InChI is InChI=1S/C15H19N3/c1-12(11-13-5-3-2-4-6-13)18-10-9-16-15(18)17-14-7-8-14/h2-6,9-10,12,14H,7-8,11H2,1H3,(H,16,17). The summed E-state index contributed by atoms with van der Waals surface area (Å²) in [5, 5.41) is 3.48. The molecular formula is C15H19N3. The van der Waals surface area contributed by atoms with Gasteiger partial charge in [-0.2, -0.15) is 0 Å². The van der Waals surface area contributed by atoms with Crippen molar-refractivity contribution in [1.82, 2.24) is 9.55 Å². The van der Waals surface area contributed by atoms with Gasteiger partial charge in [-0.05, 0) is 31.7 Å². The number of benzene rings is 1. The van der Waals surface area contributed by atoms with Crippen LogP contribution in [0.4, 0.5) is 5.95 Å². The Balaban J connectivity index is 1.71. The summed E-state index contributed by atoms with van der Waals surface area (Å²) in [5.41, 5.74) is 1.37. The summed E-state index contributed by atoms with van der Waals surface area (Å²) in [4.78, 5) is 4.41. The third-order valence-corrected chi connectivity index (χ3v) is 3.43. The molecule has 1 unspecified atom stereocenters. The molecule has 1 N–H and O–H groups in total. The first-order valence-corrected chi connectivity index (χ1v) is 6.66. The van der Waals surface area contributed by atoms with Gasteiger partial charge in [-0.3, -0.25) is 0 Å².